The Morgan fingerprint density at radius 3 is 2.74 bits per heavy atom. The van der Waals surface area contributed by atoms with Crippen molar-refractivity contribution in [3.05, 3.63) is 88.8 Å². The number of carbonyl (C=O) groups excluding carboxylic acids is 1. The lowest BCUT2D eigenvalue weighted by Crippen LogP contribution is -2.25. The molecular weight excluding hydrogens is 552 g/mol. The van der Waals surface area contributed by atoms with Crippen LogP contribution in [-0.2, 0) is 11.4 Å². The van der Waals surface area contributed by atoms with Crippen LogP contribution in [0.1, 0.15) is 36.6 Å². The standard InChI is InChI=1S/C32H31ClN6O3/c1-3-41-30-16-28-26(15-24(30)25(32(35)40)14-23-8-6-12-39(23)2)31(20(17-34)18-37-28)38-21-9-10-29(27(33)13-21)42-19-22-7-4-5-11-36-22/h4-5,7,9-11,13-16,18,23H,3,6,8,12,19H2,1-2H3,(H2,35,40)(H,37,38). The number of likely N-dealkylation sites (tertiary alicyclic amines) is 1. The third-order valence-corrected chi connectivity index (χ3v) is 7.48. The SMILES string of the molecule is CCOc1cc2ncc(C#N)c(Nc3ccc(OCc4ccccn4)c(Cl)c3)c2cc1C(=CC1CCCN1C)C(N)=O. The van der Waals surface area contributed by atoms with Gasteiger partial charge in [0.25, 0.3) is 0 Å². The number of primary amides is 1. The molecule has 42 heavy (non-hydrogen) atoms. The summed E-state index contributed by atoms with van der Waals surface area (Å²) in [5.41, 5.74) is 9.69. The minimum Gasteiger partial charge on any atom is -0.493 e. The lowest BCUT2D eigenvalue weighted by molar-refractivity contribution is -0.112. The topological polar surface area (TPSA) is 126 Å². The second kappa shape index (κ2) is 12.9. The van der Waals surface area contributed by atoms with Gasteiger partial charge in [-0.05, 0) is 69.8 Å². The normalized spacial score (nSPS) is 15.4. The fraction of sp³-hybridized carbons (Fsp3) is 0.250. The summed E-state index contributed by atoms with van der Waals surface area (Å²) in [6.45, 7) is 3.49. The molecule has 2 aromatic carbocycles. The minimum atomic E-state index is -0.553. The Labute approximate surface area is 249 Å². The number of ether oxygens (including phenoxy) is 2. The highest BCUT2D eigenvalue weighted by Crippen LogP contribution is 2.38. The molecule has 1 aliphatic rings. The summed E-state index contributed by atoms with van der Waals surface area (Å²) < 4.78 is 11.8. The van der Waals surface area contributed by atoms with Gasteiger partial charge in [-0.3, -0.25) is 19.7 Å². The number of benzene rings is 2. The van der Waals surface area contributed by atoms with Crippen LogP contribution in [0.4, 0.5) is 11.4 Å². The van der Waals surface area contributed by atoms with Crippen LogP contribution in [0, 0.1) is 11.3 Å². The molecule has 1 atom stereocenters. The molecule has 2 aromatic heterocycles. The Kier molecular flexibility index (Phi) is 8.86. The Morgan fingerprint density at radius 2 is 2.07 bits per heavy atom. The van der Waals surface area contributed by atoms with Gasteiger partial charge in [0.1, 0.15) is 24.2 Å². The summed E-state index contributed by atoms with van der Waals surface area (Å²) in [6.07, 6.45) is 7.09. The Balaban J connectivity index is 1.54. The number of pyridine rings is 2. The van der Waals surface area contributed by atoms with E-state index < -0.39 is 5.91 Å². The van der Waals surface area contributed by atoms with E-state index in [1.807, 2.05) is 50.4 Å². The summed E-state index contributed by atoms with van der Waals surface area (Å²) in [4.78, 5) is 23.7. The minimum absolute atomic E-state index is 0.0828. The molecule has 1 unspecified atom stereocenters. The van der Waals surface area contributed by atoms with Gasteiger partial charge in [-0.2, -0.15) is 5.26 Å². The molecule has 0 radical (unpaired) electrons. The zero-order valence-corrected chi connectivity index (χ0v) is 24.2. The number of hydrogen-bond acceptors (Lipinski definition) is 8. The average molecular weight is 583 g/mol. The summed E-state index contributed by atoms with van der Waals surface area (Å²) >= 11 is 6.56. The predicted octanol–water partition coefficient (Wildman–Crippen LogP) is 5.84. The second-order valence-electron chi connectivity index (χ2n) is 9.97. The molecule has 5 rings (SSSR count). The molecule has 0 spiro atoms. The van der Waals surface area contributed by atoms with Crippen molar-refractivity contribution in [1.29, 1.82) is 5.26 Å². The van der Waals surface area contributed by atoms with Crippen LogP contribution in [0.5, 0.6) is 11.5 Å². The first-order valence-corrected chi connectivity index (χ1v) is 14.1. The van der Waals surface area contributed by atoms with E-state index in [2.05, 4.69) is 26.3 Å². The number of nitrogens with two attached hydrogens (primary N) is 1. The van der Waals surface area contributed by atoms with E-state index in [4.69, 9.17) is 26.8 Å². The van der Waals surface area contributed by atoms with Crippen molar-refractivity contribution in [3.63, 3.8) is 0 Å². The van der Waals surface area contributed by atoms with Crippen molar-refractivity contribution < 1.29 is 14.3 Å². The lowest BCUT2D eigenvalue weighted by atomic mass is 9.97. The van der Waals surface area contributed by atoms with Crippen LogP contribution in [0.2, 0.25) is 5.02 Å². The summed E-state index contributed by atoms with van der Waals surface area (Å²) in [6, 6.07) is 16.8. The summed E-state index contributed by atoms with van der Waals surface area (Å²) in [5, 5.41) is 14.3. The molecule has 1 fully saturated rings. The van der Waals surface area contributed by atoms with Gasteiger partial charge in [0.2, 0.25) is 5.91 Å². The molecule has 0 saturated carbocycles. The second-order valence-corrected chi connectivity index (χ2v) is 10.4. The van der Waals surface area contributed by atoms with E-state index in [0.29, 0.717) is 62.1 Å². The maximum Gasteiger partial charge on any atom is 0.249 e. The van der Waals surface area contributed by atoms with Crippen LogP contribution in [-0.4, -0.2) is 47.0 Å². The molecule has 9 nitrogen and oxygen atoms in total. The number of amides is 1. The quantitative estimate of drug-likeness (QED) is 0.223. The number of aromatic nitrogens is 2. The van der Waals surface area contributed by atoms with Crippen LogP contribution >= 0.6 is 11.6 Å². The Bertz CT molecular complexity index is 1690. The number of nitrogens with zero attached hydrogens (tertiary/aromatic N) is 4. The van der Waals surface area contributed by atoms with Gasteiger partial charge >= 0.3 is 0 Å². The fourth-order valence-electron chi connectivity index (χ4n) is 5.04. The largest absolute Gasteiger partial charge is 0.493 e. The predicted molar refractivity (Wildman–Crippen MR) is 164 cm³/mol. The smallest absolute Gasteiger partial charge is 0.249 e. The van der Waals surface area contributed by atoms with Crippen LogP contribution in [0.3, 0.4) is 0 Å². The van der Waals surface area contributed by atoms with Crippen molar-refractivity contribution in [1.82, 2.24) is 14.9 Å². The summed E-state index contributed by atoms with van der Waals surface area (Å²) in [7, 11) is 2.03. The highest BCUT2D eigenvalue weighted by atomic mass is 35.5. The van der Waals surface area contributed by atoms with Crippen molar-refractivity contribution in [2.75, 3.05) is 25.5 Å². The fourth-order valence-corrected chi connectivity index (χ4v) is 5.28. The molecule has 1 saturated heterocycles. The van der Waals surface area contributed by atoms with Gasteiger partial charge in [0.15, 0.2) is 0 Å². The number of nitriles is 1. The van der Waals surface area contributed by atoms with Gasteiger partial charge in [-0.25, -0.2) is 0 Å². The van der Waals surface area contributed by atoms with Gasteiger partial charge in [0.05, 0.1) is 34.1 Å². The molecule has 1 amide bonds. The third kappa shape index (κ3) is 6.30. The number of halogens is 1. The molecule has 0 aliphatic carbocycles. The first kappa shape index (κ1) is 28.9. The maximum absolute atomic E-state index is 12.8. The average Bonchev–Trinajstić information content (AvgIpc) is 3.40. The zero-order chi connectivity index (χ0) is 29.6. The van der Waals surface area contributed by atoms with Crippen LogP contribution in [0.25, 0.3) is 16.5 Å². The molecular formula is C32H31ClN6O3. The monoisotopic (exact) mass is 582 g/mol. The highest BCUT2D eigenvalue weighted by molar-refractivity contribution is 6.32. The van der Waals surface area contributed by atoms with Crippen molar-refractivity contribution >= 4 is 45.4 Å². The van der Waals surface area contributed by atoms with E-state index in [1.165, 1.54) is 6.20 Å². The molecule has 0 bridgehead atoms. The van der Waals surface area contributed by atoms with E-state index in [1.54, 1.807) is 24.4 Å². The van der Waals surface area contributed by atoms with Gasteiger partial charge in [-0.15, -0.1) is 0 Å². The number of anilines is 2. The third-order valence-electron chi connectivity index (χ3n) is 7.18. The zero-order valence-electron chi connectivity index (χ0n) is 23.4. The van der Waals surface area contributed by atoms with Crippen LogP contribution < -0.4 is 20.5 Å². The number of rotatable bonds is 10. The van der Waals surface area contributed by atoms with E-state index in [-0.39, 0.29) is 12.6 Å². The maximum atomic E-state index is 12.8. The van der Waals surface area contributed by atoms with Crippen molar-refractivity contribution in [3.8, 4) is 17.6 Å². The Morgan fingerprint density at radius 1 is 1.21 bits per heavy atom. The molecule has 3 heterocycles. The molecule has 10 heteroatoms. The number of carbonyl (C=O) groups is 1. The first-order valence-electron chi connectivity index (χ1n) is 13.7. The number of nitrogens with one attached hydrogen (secondary N) is 1. The van der Waals surface area contributed by atoms with Gasteiger partial charge in [0, 0.05) is 46.7 Å². The first-order chi connectivity index (χ1) is 20.4. The number of likely N-dealkylation sites (N-methyl/N-ethyl adjacent to an activating group) is 1. The Hall–Kier alpha value is -4.65. The van der Waals surface area contributed by atoms with E-state index in [9.17, 15) is 10.1 Å². The van der Waals surface area contributed by atoms with Crippen molar-refractivity contribution in [2.24, 2.45) is 5.73 Å². The lowest BCUT2D eigenvalue weighted by Gasteiger charge is -2.19. The van der Waals surface area contributed by atoms with Gasteiger partial charge in [-0.1, -0.05) is 23.7 Å². The molecule has 3 N–H and O–H groups in total. The highest BCUT2D eigenvalue weighted by Gasteiger charge is 2.24. The molecule has 214 valence electrons. The van der Waals surface area contributed by atoms with E-state index >= 15 is 0 Å². The van der Waals surface area contributed by atoms with Gasteiger partial charge < -0.3 is 20.5 Å². The van der Waals surface area contributed by atoms with Crippen molar-refractivity contribution in [2.45, 2.75) is 32.4 Å². The number of fused-ring (bicyclic) bond motifs is 1. The van der Waals surface area contributed by atoms with E-state index in [0.717, 1.165) is 25.1 Å². The van der Waals surface area contributed by atoms with Crippen LogP contribution in [0.15, 0.2) is 67.0 Å². The molecule has 1 aliphatic heterocycles. The summed E-state index contributed by atoms with van der Waals surface area (Å²) in [5.74, 6) is 0.448. The number of hydrogen-bond donors (Lipinski definition) is 2. The molecule has 4 aromatic rings.